The minimum absolute atomic E-state index is 0.233. The van der Waals surface area contributed by atoms with Gasteiger partial charge in [-0.1, -0.05) is 6.92 Å². The molecule has 0 spiro atoms. The van der Waals surface area contributed by atoms with Gasteiger partial charge in [-0.05, 0) is 37.0 Å². The molecule has 1 aliphatic heterocycles. The fourth-order valence-corrected chi connectivity index (χ4v) is 3.89. The van der Waals surface area contributed by atoms with Crippen molar-refractivity contribution in [3.8, 4) is 0 Å². The summed E-state index contributed by atoms with van der Waals surface area (Å²) in [5, 5.41) is 0. The van der Waals surface area contributed by atoms with Crippen molar-refractivity contribution in [2.75, 3.05) is 26.2 Å². The molecule has 0 atom stereocenters. The maximum atomic E-state index is 13.5. The smallest absolute Gasteiger partial charge is 0.243 e. The van der Waals surface area contributed by atoms with Crippen LogP contribution in [0, 0.1) is 17.6 Å². The van der Waals surface area contributed by atoms with Crippen LogP contribution in [0.3, 0.4) is 0 Å². The Hall–Kier alpha value is -1.05. The fourth-order valence-electron chi connectivity index (χ4n) is 2.73. The number of halogens is 2. The first-order chi connectivity index (χ1) is 10.4. The average molecular weight is 333 g/mol. The predicted molar refractivity (Wildman–Crippen MR) is 80.1 cm³/mol. The van der Waals surface area contributed by atoms with Crippen LogP contribution in [0.2, 0.25) is 0 Å². The van der Waals surface area contributed by atoms with Crippen LogP contribution in [0.1, 0.15) is 26.2 Å². The van der Waals surface area contributed by atoms with Crippen LogP contribution in [0.4, 0.5) is 8.78 Å². The lowest BCUT2D eigenvalue weighted by Crippen LogP contribution is -3.13. The summed E-state index contributed by atoms with van der Waals surface area (Å²) < 4.78 is 52.9. The molecule has 124 valence electrons. The van der Waals surface area contributed by atoms with Gasteiger partial charge in [-0.2, -0.15) is 0 Å². The second kappa shape index (κ2) is 7.48. The SMILES string of the molecule is CC1CC[NH+](CCCNS(=O)(=O)c2cc(F)ccc2F)CC1. The van der Waals surface area contributed by atoms with Crippen LogP contribution in [-0.4, -0.2) is 34.6 Å². The Morgan fingerprint density at radius 3 is 2.64 bits per heavy atom. The lowest BCUT2D eigenvalue weighted by Gasteiger charge is -2.27. The number of piperidine rings is 1. The minimum Gasteiger partial charge on any atom is -0.335 e. The molecule has 4 nitrogen and oxygen atoms in total. The second-order valence-electron chi connectivity index (χ2n) is 6.01. The van der Waals surface area contributed by atoms with Crippen molar-refractivity contribution in [3.05, 3.63) is 29.8 Å². The minimum atomic E-state index is -4.00. The number of likely N-dealkylation sites (tertiary alicyclic amines) is 1. The van der Waals surface area contributed by atoms with Gasteiger partial charge in [0.05, 0.1) is 19.6 Å². The fraction of sp³-hybridized carbons (Fsp3) is 0.600. The van der Waals surface area contributed by atoms with Crippen LogP contribution >= 0.6 is 0 Å². The monoisotopic (exact) mass is 333 g/mol. The first kappa shape index (κ1) is 17.3. The van der Waals surface area contributed by atoms with E-state index in [2.05, 4.69) is 11.6 Å². The zero-order valence-electron chi connectivity index (χ0n) is 12.7. The third kappa shape index (κ3) is 4.72. The highest BCUT2D eigenvalue weighted by atomic mass is 32.2. The van der Waals surface area contributed by atoms with Crippen molar-refractivity contribution in [2.24, 2.45) is 5.92 Å². The van der Waals surface area contributed by atoms with Crippen LogP contribution in [-0.2, 0) is 10.0 Å². The Balaban J connectivity index is 1.82. The van der Waals surface area contributed by atoms with Crippen molar-refractivity contribution in [1.82, 2.24) is 4.72 Å². The normalized spacial score (nSPS) is 22.7. The predicted octanol–water partition coefficient (Wildman–Crippen LogP) is 0.948. The van der Waals surface area contributed by atoms with E-state index in [1.807, 2.05) is 0 Å². The molecule has 2 rings (SSSR count). The van der Waals surface area contributed by atoms with Crippen LogP contribution in [0.15, 0.2) is 23.1 Å². The molecule has 0 bridgehead atoms. The van der Waals surface area contributed by atoms with Gasteiger partial charge >= 0.3 is 0 Å². The molecule has 0 aliphatic carbocycles. The molecule has 1 heterocycles. The zero-order valence-corrected chi connectivity index (χ0v) is 13.6. The molecule has 0 amide bonds. The highest BCUT2D eigenvalue weighted by Gasteiger charge is 2.21. The van der Waals surface area contributed by atoms with E-state index in [0.29, 0.717) is 12.5 Å². The summed E-state index contributed by atoms with van der Waals surface area (Å²) in [6.45, 7) is 5.61. The van der Waals surface area contributed by atoms with E-state index in [9.17, 15) is 17.2 Å². The van der Waals surface area contributed by atoms with Gasteiger partial charge < -0.3 is 4.90 Å². The Bertz CT molecular complexity index is 600. The second-order valence-corrected chi connectivity index (χ2v) is 7.74. The lowest BCUT2D eigenvalue weighted by molar-refractivity contribution is -0.906. The molecule has 1 aromatic rings. The molecule has 0 unspecified atom stereocenters. The van der Waals surface area contributed by atoms with Crippen molar-refractivity contribution in [3.63, 3.8) is 0 Å². The van der Waals surface area contributed by atoms with Crippen LogP contribution in [0.5, 0.6) is 0 Å². The molecular weight excluding hydrogens is 310 g/mol. The number of sulfonamides is 1. The zero-order chi connectivity index (χ0) is 16.2. The van der Waals surface area contributed by atoms with Gasteiger partial charge in [0.25, 0.3) is 0 Å². The van der Waals surface area contributed by atoms with Gasteiger partial charge in [-0.3, -0.25) is 0 Å². The molecule has 22 heavy (non-hydrogen) atoms. The first-order valence-electron chi connectivity index (χ1n) is 7.67. The summed E-state index contributed by atoms with van der Waals surface area (Å²) in [6, 6.07) is 2.42. The van der Waals surface area contributed by atoms with E-state index in [1.165, 1.54) is 17.7 Å². The van der Waals surface area contributed by atoms with Crippen molar-refractivity contribution < 1.29 is 22.1 Å². The van der Waals surface area contributed by atoms with E-state index >= 15 is 0 Å². The summed E-state index contributed by atoms with van der Waals surface area (Å²) >= 11 is 0. The number of benzene rings is 1. The topological polar surface area (TPSA) is 50.6 Å². The highest BCUT2D eigenvalue weighted by Crippen LogP contribution is 2.15. The largest absolute Gasteiger partial charge is 0.335 e. The Kier molecular flexibility index (Phi) is 5.88. The number of hydrogen-bond acceptors (Lipinski definition) is 2. The molecule has 2 N–H and O–H groups in total. The number of nitrogens with one attached hydrogen (secondary N) is 2. The molecule has 1 aromatic carbocycles. The Labute approximate surface area is 130 Å². The quantitative estimate of drug-likeness (QED) is 0.762. The molecule has 0 aromatic heterocycles. The summed E-state index contributed by atoms with van der Waals surface area (Å²) in [4.78, 5) is 0.848. The number of rotatable bonds is 6. The highest BCUT2D eigenvalue weighted by molar-refractivity contribution is 7.89. The van der Waals surface area contributed by atoms with E-state index in [4.69, 9.17) is 0 Å². The summed E-state index contributed by atoms with van der Waals surface area (Å²) in [5.74, 6) is -0.934. The Morgan fingerprint density at radius 1 is 1.27 bits per heavy atom. The third-order valence-corrected chi connectivity index (χ3v) is 5.64. The number of quaternary nitrogens is 1. The van der Waals surface area contributed by atoms with Crippen LogP contribution < -0.4 is 9.62 Å². The first-order valence-corrected chi connectivity index (χ1v) is 9.15. The molecule has 0 radical (unpaired) electrons. The maximum Gasteiger partial charge on any atom is 0.243 e. The average Bonchev–Trinajstić information content (AvgIpc) is 2.48. The van der Waals surface area contributed by atoms with Gasteiger partial charge in [0.15, 0.2) is 0 Å². The Morgan fingerprint density at radius 2 is 1.95 bits per heavy atom. The summed E-state index contributed by atoms with van der Waals surface area (Å²) in [6.07, 6.45) is 3.09. The van der Waals surface area contributed by atoms with Gasteiger partial charge in [-0.15, -0.1) is 0 Å². The maximum absolute atomic E-state index is 13.5. The summed E-state index contributed by atoms with van der Waals surface area (Å²) in [7, 11) is -4.00. The molecule has 7 heteroatoms. The standard InChI is InChI=1S/C15H22F2N2O2S/c1-12-5-9-19(10-6-12)8-2-7-18-22(20,21)15-11-13(16)3-4-14(15)17/h3-4,11-12,18H,2,5-10H2,1H3/p+1. The van der Waals surface area contributed by atoms with Crippen molar-refractivity contribution >= 4 is 10.0 Å². The molecular formula is C15H23F2N2O2S+. The summed E-state index contributed by atoms with van der Waals surface area (Å²) in [5.41, 5.74) is 0. The van der Waals surface area contributed by atoms with Crippen molar-refractivity contribution in [2.45, 2.75) is 31.1 Å². The van der Waals surface area contributed by atoms with Gasteiger partial charge in [-0.25, -0.2) is 21.9 Å². The molecule has 1 saturated heterocycles. The van der Waals surface area contributed by atoms with E-state index in [-0.39, 0.29) is 6.54 Å². The molecule has 1 aliphatic rings. The lowest BCUT2D eigenvalue weighted by atomic mass is 9.99. The van der Waals surface area contributed by atoms with E-state index in [1.54, 1.807) is 0 Å². The molecule has 0 saturated carbocycles. The van der Waals surface area contributed by atoms with Gasteiger partial charge in [0.1, 0.15) is 16.5 Å². The third-order valence-electron chi connectivity index (χ3n) is 4.16. The van der Waals surface area contributed by atoms with E-state index < -0.39 is 26.6 Å². The van der Waals surface area contributed by atoms with E-state index in [0.717, 1.165) is 37.7 Å². The van der Waals surface area contributed by atoms with Crippen molar-refractivity contribution in [1.29, 1.82) is 0 Å². The van der Waals surface area contributed by atoms with Crippen LogP contribution in [0.25, 0.3) is 0 Å². The van der Waals surface area contributed by atoms with Gasteiger partial charge in [0.2, 0.25) is 10.0 Å². The number of hydrogen-bond donors (Lipinski definition) is 2. The molecule has 1 fully saturated rings. The van der Waals surface area contributed by atoms with Gasteiger partial charge in [0, 0.05) is 13.0 Å².